The van der Waals surface area contributed by atoms with Crippen molar-refractivity contribution in [2.24, 2.45) is 0 Å². The quantitative estimate of drug-likeness (QED) is 0.653. The van der Waals surface area contributed by atoms with E-state index in [0.29, 0.717) is 48.9 Å². The van der Waals surface area contributed by atoms with Gasteiger partial charge < -0.3 is 19.1 Å². The number of piperidine rings is 2. The molecule has 2 saturated heterocycles. The Morgan fingerprint density at radius 3 is 2.62 bits per heavy atom. The average molecular weight is 485 g/mol. The molecule has 7 nitrogen and oxygen atoms in total. The molecule has 0 aliphatic carbocycles. The average Bonchev–Trinajstić information content (AvgIpc) is 3.22. The number of pyridine rings is 1. The maximum Gasteiger partial charge on any atom is 0.259 e. The van der Waals surface area contributed by atoms with Gasteiger partial charge in [-0.15, -0.1) is 0 Å². The van der Waals surface area contributed by atoms with Crippen LogP contribution in [-0.2, 0) is 19.5 Å². The van der Waals surface area contributed by atoms with E-state index in [4.69, 9.17) is 4.74 Å². The summed E-state index contributed by atoms with van der Waals surface area (Å²) in [6, 6.07) is 5.43. The highest BCUT2D eigenvalue weighted by Crippen LogP contribution is 2.35. The second-order valence-electron chi connectivity index (χ2n) is 10.1. The normalized spacial score (nSPS) is 25.4. The number of aromatic nitrogens is 1. The van der Waals surface area contributed by atoms with Crippen molar-refractivity contribution in [2.45, 2.75) is 69.7 Å². The van der Waals surface area contributed by atoms with Crippen molar-refractivity contribution in [1.82, 2.24) is 19.3 Å². The van der Waals surface area contributed by atoms with Crippen LogP contribution < -0.4 is 10.3 Å². The van der Waals surface area contributed by atoms with Crippen LogP contribution in [0.4, 0.5) is 0 Å². The molecule has 3 aliphatic rings. The molecule has 0 aromatic carbocycles. The van der Waals surface area contributed by atoms with Crippen molar-refractivity contribution in [3.63, 3.8) is 0 Å². The van der Waals surface area contributed by atoms with Crippen molar-refractivity contribution in [2.75, 3.05) is 34.3 Å². The van der Waals surface area contributed by atoms with Gasteiger partial charge in [0, 0.05) is 69.5 Å². The molecule has 2 atom stereocenters. The number of carbonyl (C=O) groups is 1. The Balaban J connectivity index is 1.40. The van der Waals surface area contributed by atoms with E-state index in [2.05, 4.69) is 22.2 Å². The number of rotatable bonds is 5. The lowest BCUT2D eigenvalue weighted by Crippen LogP contribution is -2.55. The van der Waals surface area contributed by atoms with Gasteiger partial charge in [0.25, 0.3) is 11.5 Å². The predicted molar refractivity (Wildman–Crippen MR) is 135 cm³/mol. The highest BCUT2D eigenvalue weighted by molar-refractivity contribution is 7.07. The molecule has 34 heavy (non-hydrogen) atoms. The summed E-state index contributed by atoms with van der Waals surface area (Å²) >= 11 is 1.63. The Hall–Kier alpha value is -2.16. The lowest BCUT2D eigenvalue weighted by molar-refractivity contribution is 0.00948. The molecule has 5 rings (SSSR count). The van der Waals surface area contributed by atoms with Crippen molar-refractivity contribution in [1.29, 1.82) is 0 Å². The molecule has 1 amide bonds. The number of thiophene rings is 1. The highest BCUT2D eigenvalue weighted by atomic mass is 32.1. The van der Waals surface area contributed by atoms with Crippen LogP contribution in [0, 0.1) is 0 Å². The van der Waals surface area contributed by atoms with E-state index < -0.39 is 0 Å². The second-order valence-corrected chi connectivity index (χ2v) is 10.9. The van der Waals surface area contributed by atoms with E-state index in [9.17, 15) is 9.59 Å². The van der Waals surface area contributed by atoms with Gasteiger partial charge in [0.05, 0.1) is 7.11 Å². The summed E-state index contributed by atoms with van der Waals surface area (Å²) in [6.07, 6.45) is 7.03. The van der Waals surface area contributed by atoms with Gasteiger partial charge >= 0.3 is 0 Å². The number of ether oxygens (including phenoxy) is 1. The van der Waals surface area contributed by atoms with Gasteiger partial charge in [-0.05, 0) is 55.1 Å². The van der Waals surface area contributed by atoms with Crippen LogP contribution in [0.1, 0.15) is 53.7 Å². The van der Waals surface area contributed by atoms with E-state index in [1.165, 1.54) is 38.2 Å². The fraction of sp³-hybridized carbons (Fsp3) is 0.615. The van der Waals surface area contributed by atoms with Crippen LogP contribution in [0.3, 0.4) is 0 Å². The first-order chi connectivity index (χ1) is 16.5. The third-order valence-electron chi connectivity index (χ3n) is 8.24. The standard InChI is InChI=1S/C26H36N4O3S/c1-27(16-18-8-12-34-17-18)26(32)25-22-7-9-29(10-11-30(22)24(31)15-23(25)33-3)21-13-19-5-4-6-20(14-21)28(19)2/h8,12,15,17,19-21H,4-7,9-11,13-14,16H2,1-3H3. The summed E-state index contributed by atoms with van der Waals surface area (Å²) < 4.78 is 7.39. The predicted octanol–water partition coefficient (Wildman–Crippen LogP) is 3.06. The number of carbonyl (C=O) groups excluding carboxylic acids is 1. The number of amides is 1. The fourth-order valence-electron chi connectivity index (χ4n) is 6.33. The topological polar surface area (TPSA) is 58.0 Å². The maximum absolute atomic E-state index is 13.6. The van der Waals surface area contributed by atoms with Gasteiger partial charge in [-0.1, -0.05) is 6.42 Å². The van der Waals surface area contributed by atoms with Crippen LogP contribution in [-0.4, -0.2) is 77.6 Å². The smallest absolute Gasteiger partial charge is 0.259 e. The first-order valence-corrected chi connectivity index (χ1v) is 13.4. The number of nitrogens with zero attached hydrogens (tertiary/aromatic N) is 4. The lowest BCUT2D eigenvalue weighted by atomic mass is 9.81. The van der Waals surface area contributed by atoms with Crippen LogP contribution in [0.2, 0.25) is 0 Å². The summed E-state index contributed by atoms with van der Waals surface area (Å²) in [7, 11) is 5.66. The molecule has 2 bridgehead atoms. The summed E-state index contributed by atoms with van der Waals surface area (Å²) in [4.78, 5) is 33.5. The lowest BCUT2D eigenvalue weighted by Gasteiger charge is -2.49. The SMILES string of the molecule is COc1cc(=O)n2c(c1C(=O)N(C)Cc1ccsc1)CCN(C1CC3CCCC(C1)N3C)CC2. The zero-order chi connectivity index (χ0) is 23.8. The molecule has 0 spiro atoms. The maximum atomic E-state index is 13.6. The van der Waals surface area contributed by atoms with Crippen molar-refractivity contribution in [3.05, 3.63) is 50.1 Å². The Kier molecular flexibility index (Phi) is 6.82. The molecule has 5 heterocycles. The van der Waals surface area contributed by atoms with E-state index in [-0.39, 0.29) is 11.5 Å². The zero-order valence-electron chi connectivity index (χ0n) is 20.5. The van der Waals surface area contributed by atoms with Crippen molar-refractivity contribution >= 4 is 17.2 Å². The minimum atomic E-state index is -0.0888. The van der Waals surface area contributed by atoms with E-state index >= 15 is 0 Å². The van der Waals surface area contributed by atoms with Gasteiger partial charge in [-0.3, -0.25) is 14.5 Å². The minimum absolute atomic E-state index is 0.0778. The van der Waals surface area contributed by atoms with Crippen LogP contribution >= 0.6 is 11.3 Å². The summed E-state index contributed by atoms with van der Waals surface area (Å²) in [5.41, 5.74) is 2.40. The fourth-order valence-corrected chi connectivity index (χ4v) is 6.99. The number of hydrogen-bond donors (Lipinski definition) is 0. The molecule has 8 heteroatoms. The summed E-state index contributed by atoms with van der Waals surface area (Å²) in [5.74, 6) is 0.301. The highest BCUT2D eigenvalue weighted by Gasteiger charge is 2.39. The first kappa shape index (κ1) is 23.6. The van der Waals surface area contributed by atoms with Crippen LogP contribution in [0.25, 0.3) is 0 Å². The zero-order valence-corrected chi connectivity index (χ0v) is 21.4. The third kappa shape index (κ3) is 4.43. The number of hydrogen-bond acceptors (Lipinski definition) is 6. The van der Waals surface area contributed by atoms with Gasteiger partial charge in [0.2, 0.25) is 0 Å². The summed E-state index contributed by atoms with van der Waals surface area (Å²) in [5, 5.41) is 4.08. The molecular weight excluding hydrogens is 448 g/mol. The minimum Gasteiger partial charge on any atom is -0.496 e. The van der Waals surface area contributed by atoms with Crippen LogP contribution in [0.5, 0.6) is 5.75 Å². The second kappa shape index (κ2) is 9.84. The van der Waals surface area contributed by atoms with Gasteiger partial charge in [0.15, 0.2) is 0 Å². The van der Waals surface area contributed by atoms with Gasteiger partial charge in [0.1, 0.15) is 11.3 Å². The van der Waals surface area contributed by atoms with Crippen molar-refractivity contribution in [3.8, 4) is 5.75 Å². The molecule has 184 valence electrons. The van der Waals surface area contributed by atoms with Gasteiger partial charge in [-0.2, -0.15) is 11.3 Å². The largest absolute Gasteiger partial charge is 0.496 e. The molecule has 0 N–H and O–H groups in total. The molecule has 2 fully saturated rings. The molecule has 2 unspecified atom stereocenters. The molecule has 2 aromatic heterocycles. The monoisotopic (exact) mass is 484 g/mol. The molecule has 2 aromatic rings. The molecular formula is C26H36N4O3S. The molecule has 0 saturated carbocycles. The van der Waals surface area contributed by atoms with Crippen LogP contribution in [0.15, 0.2) is 27.7 Å². The third-order valence-corrected chi connectivity index (χ3v) is 8.97. The van der Waals surface area contributed by atoms with Gasteiger partial charge in [-0.25, -0.2) is 0 Å². The molecule has 0 radical (unpaired) electrons. The van der Waals surface area contributed by atoms with E-state index in [1.54, 1.807) is 23.3 Å². The van der Waals surface area contributed by atoms with Crippen molar-refractivity contribution < 1.29 is 9.53 Å². The number of methoxy groups -OCH3 is 1. The Bertz CT molecular complexity index is 1070. The summed E-state index contributed by atoms with van der Waals surface area (Å²) in [6.45, 7) is 2.88. The van der Waals surface area contributed by atoms with E-state index in [0.717, 1.165) is 24.3 Å². The Morgan fingerprint density at radius 1 is 1.18 bits per heavy atom. The number of fused-ring (bicyclic) bond motifs is 3. The Labute approximate surface area is 205 Å². The Morgan fingerprint density at radius 2 is 1.94 bits per heavy atom. The molecule has 3 aliphatic heterocycles. The first-order valence-electron chi connectivity index (χ1n) is 12.5. The van der Waals surface area contributed by atoms with E-state index in [1.807, 2.05) is 23.1 Å².